The third kappa shape index (κ3) is 56.2. The summed E-state index contributed by atoms with van der Waals surface area (Å²) in [5.74, 6) is 1.81. The Labute approximate surface area is 46.5 Å². The fraction of sp³-hybridized carbons (Fsp3) is 1.00. The Morgan fingerprint density at radius 2 is 1.20 bits per heavy atom. The zero-order valence-electron chi connectivity index (χ0n) is 3.79. The van der Waals surface area contributed by atoms with E-state index in [4.69, 9.17) is 0 Å². The zero-order chi connectivity index (χ0) is 4.71. The van der Waals surface area contributed by atoms with Crippen molar-refractivity contribution in [3.63, 3.8) is 0 Å². The van der Waals surface area contributed by atoms with Crippen LogP contribution in [0.5, 0.6) is 0 Å². The Hall–Kier alpha value is 0.830. The van der Waals surface area contributed by atoms with E-state index < -0.39 is 0 Å². The minimum Gasteiger partial charge on any atom is -0.169 e. The van der Waals surface area contributed by atoms with Gasteiger partial charge in [0.25, 0.3) is 0 Å². The second kappa shape index (κ2) is 21.2. The van der Waals surface area contributed by atoms with E-state index in [2.05, 4.69) is 15.9 Å². The molecular formula is C3H9BrS. The van der Waals surface area contributed by atoms with Gasteiger partial charge in [-0.25, -0.2) is 0 Å². The predicted molar refractivity (Wildman–Crippen MR) is 34.3 cm³/mol. The molecule has 0 radical (unpaired) electrons. The highest BCUT2D eigenvalue weighted by atomic mass is 79.9. The monoisotopic (exact) mass is 156 g/mol. The molecule has 34 valence electrons. The first-order chi connectivity index (χ1) is 2.41. The van der Waals surface area contributed by atoms with Crippen LogP contribution < -0.4 is 0 Å². The largest absolute Gasteiger partial charge is 0.169 e. The lowest BCUT2D eigenvalue weighted by molar-refractivity contribution is 2.37. The molecule has 0 bridgehead atoms. The van der Waals surface area contributed by atoms with Gasteiger partial charge in [-0.15, -0.1) is 0 Å². The summed E-state index contributed by atoms with van der Waals surface area (Å²) in [6.07, 6.45) is 4.08. The van der Waals surface area contributed by atoms with Crippen molar-refractivity contribution >= 4 is 27.7 Å². The third-order valence-electron chi connectivity index (χ3n) is 0. The molecule has 0 aliphatic rings. The normalized spacial score (nSPS) is 4.80. The molecule has 0 atom stereocenters. The quantitative estimate of drug-likeness (QED) is 0.484. The van der Waals surface area contributed by atoms with Crippen LogP contribution in [0.4, 0.5) is 0 Å². The van der Waals surface area contributed by atoms with Crippen molar-refractivity contribution in [2.45, 2.75) is 0 Å². The molecular weight excluding hydrogens is 148 g/mol. The highest BCUT2D eigenvalue weighted by molar-refractivity contribution is 9.08. The molecule has 0 aliphatic heterocycles. The summed E-state index contributed by atoms with van der Waals surface area (Å²) in [5, 5.41) is 0. The molecule has 0 saturated heterocycles. The van der Waals surface area contributed by atoms with Gasteiger partial charge in [0.1, 0.15) is 0 Å². The van der Waals surface area contributed by atoms with Crippen LogP contribution in [-0.4, -0.2) is 18.3 Å². The Morgan fingerprint density at radius 1 is 1.20 bits per heavy atom. The molecule has 0 rings (SSSR count). The Kier molecular flexibility index (Phi) is 39.2. The van der Waals surface area contributed by atoms with Gasteiger partial charge in [-0.1, -0.05) is 15.9 Å². The minimum atomic E-state index is 1.75. The van der Waals surface area contributed by atoms with Crippen LogP contribution in [0.1, 0.15) is 0 Å². The van der Waals surface area contributed by atoms with Gasteiger partial charge in [-0.2, -0.15) is 11.8 Å². The van der Waals surface area contributed by atoms with Gasteiger partial charge < -0.3 is 0 Å². The van der Waals surface area contributed by atoms with Crippen LogP contribution in [-0.2, 0) is 0 Å². The van der Waals surface area contributed by atoms with Crippen LogP contribution in [0.25, 0.3) is 0 Å². The van der Waals surface area contributed by atoms with Gasteiger partial charge in [-0.3, -0.25) is 0 Å². The Balaban J connectivity index is 0. The van der Waals surface area contributed by atoms with Crippen molar-refractivity contribution < 1.29 is 0 Å². The molecule has 0 aromatic rings. The second-order valence-electron chi connectivity index (χ2n) is 0.408. The highest BCUT2D eigenvalue weighted by Crippen LogP contribution is 1.70. The maximum Gasteiger partial charge on any atom is -0.00848 e. The number of hydrogen-bond donors (Lipinski definition) is 0. The molecule has 0 aromatic carbocycles. The summed E-state index contributed by atoms with van der Waals surface area (Å²) in [4.78, 5) is 0. The van der Waals surface area contributed by atoms with Crippen molar-refractivity contribution in [1.82, 2.24) is 0 Å². The lowest BCUT2D eigenvalue weighted by atomic mass is 11.9. The van der Waals surface area contributed by atoms with Gasteiger partial charge >= 0.3 is 0 Å². The molecule has 0 heterocycles. The van der Waals surface area contributed by atoms with E-state index >= 15 is 0 Å². The van der Waals surface area contributed by atoms with E-state index in [0.717, 1.165) is 0 Å². The fourth-order valence-corrected chi connectivity index (χ4v) is 0. The molecule has 0 spiro atoms. The molecule has 2 heteroatoms. The van der Waals surface area contributed by atoms with Crippen LogP contribution in [0.3, 0.4) is 0 Å². The van der Waals surface area contributed by atoms with Crippen molar-refractivity contribution in [2.75, 3.05) is 18.3 Å². The van der Waals surface area contributed by atoms with E-state index in [9.17, 15) is 0 Å². The average Bonchev–Trinajstić information content (AvgIpc) is 1.46. The Bertz CT molecular complexity index is 6.85. The van der Waals surface area contributed by atoms with Crippen molar-refractivity contribution in [3.05, 3.63) is 0 Å². The summed E-state index contributed by atoms with van der Waals surface area (Å²) in [5.41, 5.74) is 0. The molecule has 0 aromatic heterocycles. The summed E-state index contributed by atoms with van der Waals surface area (Å²) >= 11 is 4.69. The maximum atomic E-state index is 2.94. The average molecular weight is 157 g/mol. The number of thioether (sulfide) groups is 1. The molecule has 0 N–H and O–H groups in total. The lowest BCUT2D eigenvalue weighted by Crippen LogP contribution is -1.25. The van der Waals surface area contributed by atoms with E-state index in [-0.39, 0.29) is 0 Å². The van der Waals surface area contributed by atoms with Crippen LogP contribution >= 0.6 is 27.7 Å². The standard InChI is InChI=1S/C2H6S.CH3Br/c1-3-2;1-2/h1-2H3;1H3. The summed E-state index contributed by atoms with van der Waals surface area (Å²) in [7, 11) is 0. The molecule has 0 amide bonds. The third-order valence-corrected chi connectivity index (χ3v) is 0. The number of alkyl halides is 1. The summed E-state index contributed by atoms with van der Waals surface area (Å²) < 4.78 is 0. The second-order valence-corrected chi connectivity index (χ2v) is 1.22. The van der Waals surface area contributed by atoms with Gasteiger partial charge in [0.2, 0.25) is 0 Å². The maximum absolute atomic E-state index is 2.94. The molecule has 0 unspecified atom stereocenters. The van der Waals surface area contributed by atoms with E-state index in [0.29, 0.717) is 0 Å². The first kappa shape index (κ1) is 9.27. The molecule has 0 aliphatic carbocycles. The molecule has 5 heavy (non-hydrogen) atoms. The van der Waals surface area contributed by atoms with E-state index in [1.165, 1.54) is 0 Å². The highest BCUT2D eigenvalue weighted by Gasteiger charge is 1.32. The first-order valence-electron chi connectivity index (χ1n) is 1.19. The van der Waals surface area contributed by atoms with Crippen molar-refractivity contribution in [1.29, 1.82) is 0 Å². The van der Waals surface area contributed by atoms with Gasteiger partial charge in [0.15, 0.2) is 0 Å². The number of hydrogen-bond acceptors (Lipinski definition) is 1. The SMILES string of the molecule is CBr.CSC. The van der Waals surface area contributed by atoms with E-state index in [1.54, 1.807) is 11.8 Å². The van der Waals surface area contributed by atoms with Crippen LogP contribution in [0.2, 0.25) is 0 Å². The van der Waals surface area contributed by atoms with Gasteiger partial charge in [-0.05, 0) is 18.3 Å². The fourth-order valence-electron chi connectivity index (χ4n) is 0. The summed E-state index contributed by atoms with van der Waals surface area (Å²) in [6.45, 7) is 0. The van der Waals surface area contributed by atoms with Crippen LogP contribution in [0, 0.1) is 0 Å². The van der Waals surface area contributed by atoms with Gasteiger partial charge in [0.05, 0.1) is 0 Å². The van der Waals surface area contributed by atoms with E-state index in [1.807, 2.05) is 18.3 Å². The smallest absolute Gasteiger partial charge is 0.00848 e. The minimum absolute atomic E-state index is 1.75. The van der Waals surface area contributed by atoms with Crippen LogP contribution in [0.15, 0.2) is 0 Å². The first-order valence-corrected chi connectivity index (χ1v) is 4.41. The molecule has 0 fully saturated rings. The lowest BCUT2D eigenvalue weighted by Gasteiger charge is -1.51. The van der Waals surface area contributed by atoms with Crippen molar-refractivity contribution in [2.24, 2.45) is 0 Å². The predicted octanol–water partition coefficient (Wildman–Crippen LogP) is 1.99. The Morgan fingerprint density at radius 3 is 1.20 bits per heavy atom. The van der Waals surface area contributed by atoms with Crippen molar-refractivity contribution in [3.8, 4) is 0 Å². The molecule has 0 saturated carbocycles. The summed E-state index contributed by atoms with van der Waals surface area (Å²) in [6, 6.07) is 0. The number of halogens is 1. The molecule has 0 nitrogen and oxygen atoms in total. The zero-order valence-corrected chi connectivity index (χ0v) is 6.19. The number of rotatable bonds is 0. The van der Waals surface area contributed by atoms with Gasteiger partial charge in [0, 0.05) is 0 Å². The topological polar surface area (TPSA) is 0 Å².